The minimum atomic E-state index is -0.577. The van der Waals surface area contributed by atoms with Gasteiger partial charge in [0.05, 0.1) is 23.2 Å². The molecule has 2 bridgehead atoms. The van der Waals surface area contributed by atoms with E-state index in [-0.39, 0.29) is 18.1 Å². The van der Waals surface area contributed by atoms with Gasteiger partial charge in [-0.15, -0.1) is 11.6 Å². The van der Waals surface area contributed by atoms with E-state index in [0.717, 1.165) is 12.8 Å². The summed E-state index contributed by atoms with van der Waals surface area (Å²) in [6.07, 6.45) is 1.90. The summed E-state index contributed by atoms with van der Waals surface area (Å²) in [6, 6.07) is 0. The molecule has 2 saturated heterocycles. The van der Waals surface area contributed by atoms with Crippen LogP contribution in [0, 0.1) is 5.92 Å². The van der Waals surface area contributed by atoms with Crippen molar-refractivity contribution in [2.45, 2.75) is 49.9 Å². The fraction of sp³-hybridized carbons (Fsp3) is 1.00. The molecular weight excluding hydrogens is 176 g/mol. The number of fused-ring (bicyclic) bond motifs is 2. The van der Waals surface area contributed by atoms with Crippen molar-refractivity contribution in [3.05, 3.63) is 0 Å². The maximum Gasteiger partial charge on any atom is 0.0940 e. The fourth-order valence-corrected chi connectivity index (χ4v) is 2.73. The first-order valence-corrected chi connectivity index (χ1v) is 4.93. The number of alkyl halides is 1. The van der Waals surface area contributed by atoms with Crippen LogP contribution in [0.1, 0.15) is 26.7 Å². The minimum Gasteiger partial charge on any atom is -0.391 e. The zero-order chi connectivity index (χ0) is 8.93. The number of ether oxygens (including phenoxy) is 1. The van der Waals surface area contributed by atoms with Gasteiger partial charge in [-0.2, -0.15) is 0 Å². The van der Waals surface area contributed by atoms with Crippen molar-refractivity contribution in [1.82, 2.24) is 0 Å². The van der Waals surface area contributed by atoms with E-state index in [1.807, 2.05) is 13.8 Å². The lowest BCUT2D eigenvalue weighted by Crippen LogP contribution is -2.54. The lowest BCUT2D eigenvalue weighted by atomic mass is 9.86. The first kappa shape index (κ1) is 8.79. The highest BCUT2D eigenvalue weighted by Gasteiger charge is 2.53. The highest BCUT2D eigenvalue weighted by atomic mass is 35.5. The fourth-order valence-electron chi connectivity index (χ4n) is 2.37. The molecule has 2 heterocycles. The van der Waals surface area contributed by atoms with E-state index in [9.17, 15) is 5.11 Å². The maximum absolute atomic E-state index is 9.87. The molecular formula is C9H15ClO2. The first-order chi connectivity index (χ1) is 5.53. The highest BCUT2D eigenvalue weighted by molar-refractivity contribution is 6.24. The lowest BCUT2D eigenvalue weighted by Gasteiger charge is -2.42. The third-order valence-corrected chi connectivity index (χ3v) is 3.81. The molecule has 0 aromatic carbocycles. The lowest BCUT2D eigenvalue weighted by molar-refractivity contribution is -0.114. The Morgan fingerprint density at radius 3 is 2.83 bits per heavy atom. The summed E-state index contributed by atoms with van der Waals surface area (Å²) in [6.45, 7) is 3.89. The molecule has 0 aromatic heterocycles. The SMILES string of the molecule is C[C@@H]1[C@@H]2CC[C@@H](O2)[C@@](C)(Cl)[C@@H]1O. The topological polar surface area (TPSA) is 29.5 Å². The molecule has 0 saturated carbocycles. The first-order valence-electron chi connectivity index (χ1n) is 4.56. The summed E-state index contributed by atoms with van der Waals surface area (Å²) < 4.78 is 5.70. The van der Waals surface area contributed by atoms with Crippen LogP contribution in [0.5, 0.6) is 0 Å². The van der Waals surface area contributed by atoms with Crippen LogP contribution >= 0.6 is 11.6 Å². The van der Waals surface area contributed by atoms with E-state index in [1.165, 1.54) is 0 Å². The molecule has 2 aliphatic rings. The summed E-state index contributed by atoms with van der Waals surface area (Å²) >= 11 is 6.24. The number of aliphatic hydroxyl groups is 1. The van der Waals surface area contributed by atoms with Crippen LogP contribution in [0.2, 0.25) is 0 Å². The standard InChI is InChI=1S/C9H15ClO2/c1-5-6-3-4-7(12-6)9(2,10)8(5)11/h5-8,11H,3-4H2,1-2H3/t5-,6+,7-,8-,9-/m1/s1. The molecule has 0 radical (unpaired) electrons. The van der Waals surface area contributed by atoms with E-state index in [0.29, 0.717) is 0 Å². The van der Waals surface area contributed by atoms with Crippen LogP contribution < -0.4 is 0 Å². The van der Waals surface area contributed by atoms with Crippen molar-refractivity contribution in [1.29, 1.82) is 0 Å². The molecule has 5 atom stereocenters. The van der Waals surface area contributed by atoms with Crippen LogP contribution in [0.25, 0.3) is 0 Å². The second-order valence-electron chi connectivity index (χ2n) is 4.20. The van der Waals surface area contributed by atoms with Crippen molar-refractivity contribution < 1.29 is 9.84 Å². The molecule has 2 fully saturated rings. The molecule has 0 amide bonds. The van der Waals surface area contributed by atoms with Crippen molar-refractivity contribution in [3.63, 3.8) is 0 Å². The Hall–Kier alpha value is 0.210. The van der Waals surface area contributed by atoms with Gasteiger partial charge < -0.3 is 9.84 Å². The van der Waals surface area contributed by atoms with Crippen molar-refractivity contribution in [2.24, 2.45) is 5.92 Å². The van der Waals surface area contributed by atoms with E-state index < -0.39 is 11.0 Å². The second-order valence-corrected chi connectivity index (χ2v) is 5.01. The van der Waals surface area contributed by atoms with Gasteiger partial charge in [-0.05, 0) is 19.8 Å². The van der Waals surface area contributed by atoms with Gasteiger partial charge in [0.2, 0.25) is 0 Å². The van der Waals surface area contributed by atoms with Gasteiger partial charge in [0.15, 0.2) is 0 Å². The molecule has 2 rings (SSSR count). The Morgan fingerprint density at radius 2 is 2.17 bits per heavy atom. The molecule has 70 valence electrons. The Kier molecular flexibility index (Phi) is 1.90. The van der Waals surface area contributed by atoms with Gasteiger partial charge >= 0.3 is 0 Å². The molecule has 2 nitrogen and oxygen atoms in total. The molecule has 1 N–H and O–H groups in total. The monoisotopic (exact) mass is 190 g/mol. The molecule has 0 spiro atoms. The summed E-state index contributed by atoms with van der Waals surface area (Å²) in [5, 5.41) is 9.87. The van der Waals surface area contributed by atoms with Gasteiger partial charge in [-0.25, -0.2) is 0 Å². The average molecular weight is 191 g/mol. The quantitative estimate of drug-likeness (QED) is 0.588. The number of aliphatic hydroxyl groups excluding tert-OH is 1. The van der Waals surface area contributed by atoms with Gasteiger partial charge in [-0.3, -0.25) is 0 Å². The normalized spacial score (nSPS) is 59.0. The maximum atomic E-state index is 9.87. The van der Waals surface area contributed by atoms with Gasteiger partial charge in [0.25, 0.3) is 0 Å². The predicted molar refractivity (Wildman–Crippen MR) is 47.3 cm³/mol. The smallest absolute Gasteiger partial charge is 0.0940 e. The zero-order valence-electron chi connectivity index (χ0n) is 7.46. The van der Waals surface area contributed by atoms with Crippen LogP contribution in [0.15, 0.2) is 0 Å². The van der Waals surface area contributed by atoms with E-state index in [4.69, 9.17) is 16.3 Å². The average Bonchev–Trinajstić information content (AvgIpc) is 2.46. The van der Waals surface area contributed by atoms with Gasteiger partial charge in [0.1, 0.15) is 0 Å². The van der Waals surface area contributed by atoms with Crippen molar-refractivity contribution >= 4 is 11.6 Å². The Bertz CT molecular complexity index is 193. The Balaban J connectivity index is 2.26. The third kappa shape index (κ3) is 1.02. The van der Waals surface area contributed by atoms with Crippen LogP contribution in [0.3, 0.4) is 0 Å². The zero-order valence-corrected chi connectivity index (χ0v) is 8.21. The van der Waals surface area contributed by atoms with E-state index >= 15 is 0 Å². The molecule has 3 heteroatoms. The molecule has 0 aliphatic carbocycles. The molecule has 2 aliphatic heterocycles. The summed E-state index contributed by atoms with van der Waals surface area (Å²) in [5.74, 6) is 0.172. The van der Waals surface area contributed by atoms with Crippen LogP contribution in [-0.4, -0.2) is 28.3 Å². The largest absolute Gasteiger partial charge is 0.391 e. The number of halogens is 1. The minimum absolute atomic E-state index is 0.0513. The summed E-state index contributed by atoms with van der Waals surface area (Å²) in [7, 11) is 0. The Labute approximate surface area is 77.9 Å². The van der Waals surface area contributed by atoms with Crippen molar-refractivity contribution in [2.75, 3.05) is 0 Å². The molecule has 12 heavy (non-hydrogen) atoms. The van der Waals surface area contributed by atoms with Crippen molar-refractivity contribution in [3.8, 4) is 0 Å². The number of hydrogen-bond acceptors (Lipinski definition) is 2. The van der Waals surface area contributed by atoms with Crippen LogP contribution in [-0.2, 0) is 4.74 Å². The van der Waals surface area contributed by atoms with Gasteiger partial charge in [0, 0.05) is 5.92 Å². The molecule has 0 unspecified atom stereocenters. The molecule has 0 aromatic rings. The highest BCUT2D eigenvalue weighted by Crippen LogP contribution is 2.45. The second kappa shape index (κ2) is 2.60. The van der Waals surface area contributed by atoms with Crippen LogP contribution in [0.4, 0.5) is 0 Å². The third-order valence-electron chi connectivity index (χ3n) is 3.34. The van der Waals surface area contributed by atoms with E-state index in [2.05, 4.69) is 0 Å². The number of hydrogen-bond donors (Lipinski definition) is 1. The summed E-state index contributed by atoms with van der Waals surface area (Å²) in [5.41, 5.74) is 0. The number of rotatable bonds is 0. The van der Waals surface area contributed by atoms with Gasteiger partial charge in [-0.1, -0.05) is 6.92 Å². The van der Waals surface area contributed by atoms with E-state index in [1.54, 1.807) is 0 Å². The predicted octanol–water partition coefficient (Wildman–Crippen LogP) is 1.54. The Morgan fingerprint density at radius 1 is 1.50 bits per heavy atom. The summed E-state index contributed by atoms with van der Waals surface area (Å²) in [4.78, 5) is -0.577.